The molecule has 292 valence electrons. The van der Waals surface area contributed by atoms with Crippen molar-refractivity contribution in [3.8, 4) is 5.88 Å². The predicted molar refractivity (Wildman–Crippen MR) is 220 cm³/mol. The molecule has 0 aliphatic carbocycles. The van der Waals surface area contributed by atoms with Crippen molar-refractivity contribution in [1.29, 1.82) is 0 Å². The van der Waals surface area contributed by atoms with Gasteiger partial charge in [0, 0.05) is 30.4 Å². The highest BCUT2D eigenvalue weighted by atomic mass is 16.5. The fraction of sp³-hybridized carbons (Fsp3) is 0.209. The lowest BCUT2D eigenvalue weighted by molar-refractivity contribution is 0.0322. The highest BCUT2D eigenvalue weighted by molar-refractivity contribution is 5.94. The molecular weight excluding hydrogens is 721 g/mol. The molecule has 14 nitrogen and oxygen atoms in total. The molecule has 0 spiro atoms. The molecule has 2 aromatic heterocycles. The van der Waals surface area contributed by atoms with Gasteiger partial charge in [0.2, 0.25) is 18.2 Å². The van der Waals surface area contributed by atoms with Gasteiger partial charge in [0.15, 0.2) is 5.65 Å². The number of aliphatic imine (C=N–C) groups is 1. The number of carbonyl (C=O) groups excluding carboxylic acids is 2. The Morgan fingerprint density at radius 3 is 1.72 bits per heavy atom. The van der Waals surface area contributed by atoms with Gasteiger partial charge in [-0.15, -0.1) is 0 Å². The number of nitrogens with two attached hydrogens (primary N) is 2. The molecule has 3 heterocycles. The Morgan fingerprint density at radius 1 is 0.684 bits per heavy atom. The van der Waals surface area contributed by atoms with Crippen LogP contribution >= 0.6 is 0 Å². The van der Waals surface area contributed by atoms with Gasteiger partial charge in [0.05, 0.1) is 12.9 Å². The zero-order valence-electron chi connectivity index (χ0n) is 31.9. The van der Waals surface area contributed by atoms with E-state index in [0.717, 1.165) is 35.1 Å². The molecule has 1 unspecified atom stereocenters. The Bertz CT molecular complexity index is 2300. The molecule has 6 aromatic rings. The van der Waals surface area contributed by atoms with Crippen LogP contribution in [0.4, 0.5) is 5.95 Å². The van der Waals surface area contributed by atoms with Crippen LogP contribution < -0.4 is 32.2 Å². The average Bonchev–Trinajstić information content (AvgIpc) is 3.73. The number of nitrogen functional groups attached to an aromatic ring is 1. The molecule has 8 N–H and O–H groups in total. The number of fused-ring (bicyclic) bond motifs is 1. The summed E-state index contributed by atoms with van der Waals surface area (Å²) < 4.78 is 11.4. The first kappa shape index (κ1) is 39.6. The second kappa shape index (κ2) is 19.5. The fourth-order valence-electron chi connectivity index (χ4n) is 5.63. The Labute approximate surface area is 330 Å². The van der Waals surface area contributed by atoms with Crippen molar-refractivity contribution in [1.82, 2.24) is 35.9 Å². The molecule has 57 heavy (non-hydrogen) atoms. The lowest BCUT2D eigenvalue weighted by atomic mass is 10.1. The number of nitrogens with one attached hydrogen (secondary N) is 4. The highest BCUT2D eigenvalue weighted by Gasteiger charge is 2.12. The molecule has 0 saturated carbocycles. The lowest BCUT2D eigenvalue weighted by Gasteiger charge is -2.17. The Hall–Kier alpha value is -7.06. The van der Waals surface area contributed by atoms with Crippen molar-refractivity contribution in [2.45, 2.75) is 59.3 Å². The molecule has 0 bridgehead atoms. The van der Waals surface area contributed by atoms with E-state index in [1.165, 1.54) is 17.5 Å². The number of H-pyrrole nitrogens is 1. The van der Waals surface area contributed by atoms with Gasteiger partial charge in [0.25, 0.3) is 11.8 Å². The summed E-state index contributed by atoms with van der Waals surface area (Å²) in [5, 5.41) is 8.85. The maximum Gasteiger partial charge on any atom is 0.251 e. The third-order valence-electron chi connectivity index (χ3n) is 9.01. The van der Waals surface area contributed by atoms with Crippen LogP contribution in [0.5, 0.6) is 5.88 Å². The van der Waals surface area contributed by atoms with Gasteiger partial charge in [0.1, 0.15) is 18.0 Å². The van der Waals surface area contributed by atoms with Crippen LogP contribution in [0.2, 0.25) is 0 Å². The van der Waals surface area contributed by atoms with Crippen molar-refractivity contribution >= 4 is 34.8 Å². The topological polar surface area (TPSA) is 208 Å². The Kier molecular flexibility index (Phi) is 13.6. The van der Waals surface area contributed by atoms with Gasteiger partial charge in [-0.1, -0.05) is 86.6 Å². The first-order chi connectivity index (χ1) is 27.8. The zero-order chi connectivity index (χ0) is 40.0. The third-order valence-corrected chi connectivity index (χ3v) is 9.01. The summed E-state index contributed by atoms with van der Waals surface area (Å²) in [5.41, 5.74) is 20.2. The van der Waals surface area contributed by atoms with Crippen LogP contribution in [0.3, 0.4) is 0 Å². The largest absolute Gasteiger partial charge is 0.471 e. The summed E-state index contributed by atoms with van der Waals surface area (Å²) in [4.78, 5) is 43.8. The van der Waals surface area contributed by atoms with Gasteiger partial charge >= 0.3 is 0 Å². The maximum absolute atomic E-state index is 12.3. The number of hydrogen-bond acceptors (Lipinski definition) is 11. The van der Waals surface area contributed by atoms with Crippen molar-refractivity contribution in [2.75, 3.05) is 5.73 Å². The molecule has 1 atom stereocenters. The average molecular weight is 767 g/mol. The minimum Gasteiger partial charge on any atom is -0.471 e. The number of ether oxygens (including phenoxy) is 2. The Morgan fingerprint density at radius 2 is 1.19 bits per heavy atom. The number of aromatic amines is 1. The smallest absolute Gasteiger partial charge is 0.251 e. The van der Waals surface area contributed by atoms with Crippen molar-refractivity contribution < 1.29 is 19.1 Å². The number of imidazole rings is 1. The number of amidine groups is 1. The van der Waals surface area contributed by atoms with Crippen LogP contribution in [0, 0.1) is 0 Å². The predicted octanol–water partition coefficient (Wildman–Crippen LogP) is 5.46. The summed E-state index contributed by atoms with van der Waals surface area (Å²) in [6.45, 7) is 5.84. The first-order valence-corrected chi connectivity index (χ1v) is 18.6. The minimum atomic E-state index is -0.465. The molecule has 0 fully saturated rings. The molecule has 4 aromatic carbocycles. The van der Waals surface area contributed by atoms with Crippen LogP contribution in [-0.4, -0.2) is 43.9 Å². The van der Waals surface area contributed by atoms with E-state index in [0.29, 0.717) is 60.3 Å². The second-order valence-corrected chi connectivity index (χ2v) is 13.1. The summed E-state index contributed by atoms with van der Waals surface area (Å²) in [6.07, 6.45) is 6.37. The number of benzene rings is 4. The molecule has 1 aliphatic rings. The number of carbonyl (C=O) groups is 2. The SMILES string of the molecule is CCc1ccc(C(=O)NCc2ccc(COC3N=C(N)C=CN3)cc2)cc1.CCc1ccc(C(=O)NCc2ccc(COc3nc(N)nc4nc[nH]c34)cc2)cc1. The molecule has 1 aliphatic heterocycles. The number of hydrogen-bond donors (Lipinski definition) is 6. The standard InChI is InChI=1S/C22H22N6O2.C21H24N4O2/c1-2-14-7-9-17(10-8-14)20(29)24-11-15-3-5-16(6-4-15)12-30-21-18-19(26-13-25-18)27-22(23)28-21;1-2-15-7-9-18(10-8-15)20(26)24-13-16-3-5-17(6-4-16)14-27-21-23-12-11-19(22)25-21/h3-10,13H,2,11-12H2,1H3,(H,24,29)(H3,23,25,26,27,28);3-12,21,23H,2,13-14H2,1H3,(H2,22,25)(H,24,26). The van der Waals surface area contributed by atoms with E-state index >= 15 is 0 Å². The molecule has 7 rings (SSSR count). The van der Waals surface area contributed by atoms with E-state index in [1.54, 1.807) is 12.3 Å². The van der Waals surface area contributed by atoms with Crippen molar-refractivity contribution in [3.05, 3.63) is 160 Å². The number of nitrogens with zero attached hydrogens (tertiary/aromatic N) is 4. The van der Waals surface area contributed by atoms with E-state index in [2.05, 4.69) is 54.7 Å². The lowest BCUT2D eigenvalue weighted by Crippen LogP contribution is -2.31. The van der Waals surface area contributed by atoms with E-state index in [9.17, 15) is 9.59 Å². The molecule has 2 amide bonds. The van der Waals surface area contributed by atoms with E-state index in [-0.39, 0.29) is 17.8 Å². The van der Waals surface area contributed by atoms with Crippen molar-refractivity contribution in [3.63, 3.8) is 0 Å². The minimum absolute atomic E-state index is 0.0723. The van der Waals surface area contributed by atoms with Gasteiger partial charge in [-0.3, -0.25) is 9.59 Å². The van der Waals surface area contributed by atoms with Crippen LogP contribution in [0.25, 0.3) is 11.2 Å². The van der Waals surface area contributed by atoms with Crippen LogP contribution in [-0.2, 0) is 43.9 Å². The quantitative estimate of drug-likeness (QED) is 0.0825. The summed E-state index contributed by atoms with van der Waals surface area (Å²) in [7, 11) is 0. The second-order valence-electron chi connectivity index (χ2n) is 13.1. The van der Waals surface area contributed by atoms with Gasteiger partial charge in [-0.25, -0.2) is 9.98 Å². The summed E-state index contributed by atoms with van der Waals surface area (Å²) in [5.74, 6) is 0.751. The number of aromatic nitrogens is 4. The van der Waals surface area contributed by atoms with E-state index < -0.39 is 6.35 Å². The van der Waals surface area contributed by atoms with Gasteiger partial charge in [-0.2, -0.15) is 9.97 Å². The summed E-state index contributed by atoms with van der Waals surface area (Å²) in [6, 6.07) is 31.1. The molecule has 14 heteroatoms. The van der Waals surface area contributed by atoms with Crippen LogP contribution in [0.1, 0.15) is 67.9 Å². The fourth-order valence-corrected chi connectivity index (χ4v) is 5.63. The zero-order valence-corrected chi connectivity index (χ0v) is 31.9. The number of anilines is 1. The Balaban J connectivity index is 0.000000194. The molecular formula is C43H46N10O4. The van der Waals surface area contributed by atoms with Crippen LogP contribution in [0.15, 0.2) is 121 Å². The molecule has 0 saturated heterocycles. The monoisotopic (exact) mass is 766 g/mol. The highest BCUT2D eigenvalue weighted by Crippen LogP contribution is 2.21. The van der Waals surface area contributed by atoms with E-state index in [4.69, 9.17) is 20.9 Å². The molecule has 0 radical (unpaired) electrons. The third kappa shape index (κ3) is 11.5. The van der Waals surface area contributed by atoms with Gasteiger partial charge < -0.3 is 41.9 Å². The summed E-state index contributed by atoms with van der Waals surface area (Å²) >= 11 is 0. The normalized spacial score (nSPS) is 13.2. The maximum atomic E-state index is 12.3. The number of aryl methyl sites for hydroxylation is 2. The number of amides is 2. The van der Waals surface area contributed by atoms with E-state index in [1.807, 2.05) is 97.1 Å². The van der Waals surface area contributed by atoms with Gasteiger partial charge in [-0.05, 0) is 76.6 Å². The number of rotatable bonds is 14. The first-order valence-electron chi connectivity index (χ1n) is 18.6. The van der Waals surface area contributed by atoms with Crippen molar-refractivity contribution in [2.24, 2.45) is 10.7 Å².